The van der Waals surface area contributed by atoms with Gasteiger partial charge in [0.15, 0.2) is 12.1 Å². The van der Waals surface area contributed by atoms with E-state index < -0.39 is 0 Å². The maximum atomic E-state index is 11.2. The Bertz CT molecular complexity index is 483. The first-order valence-electron chi connectivity index (χ1n) is 7.00. The van der Waals surface area contributed by atoms with E-state index in [1.807, 2.05) is 18.2 Å². The third-order valence-corrected chi connectivity index (χ3v) is 3.78. The van der Waals surface area contributed by atoms with Gasteiger partial charge in [-0.25, -0.2) is 4.99 Å². The Kier molecular flexibility index (Phi) is 4.08. The summed E-state index contributed by atoms with van der Waals surface area (Å²) in [7, 11) is 0. The van der Waals surface area contributed by atoms with Gasteiger partial charge in [-0.15, -0.1) is 0 Å². The molecule has 0 spiro atoms. The van der Waals surface area contributed by atoms with Crippen LogP contribution in [0.25, 0.3) is 0 Å². The van der Waals surface area contributed by atoms with Crippen molar-refractivity contribution < 1.29 is 9.53 Å². The van der Waals surface area contributed by atoms with Gasteiger partial charge in [0.1, 0.15) is 6.17 Å². The van der Waals surface area contributed by atoms with Gasteiger partial charge in [-0.05, 0) is 5.56 Å². The first-order chi connectivity index (χ1) is 9.86. The number of hydrogen-bond acceptors (Lipinski definition) is 5. The average Bonchev–Trinajstić information content (AvgIpc) is 2.92. The summed E-state index contributed by atoms with van der Waals surface area (Å²) in [5, 5.41) is 0. The smallest absolute Gasteiger partial charge is 0.184 e. The van der Waals surface area contributed by atoms with E-state index in [4.69, 9.17) is 4.74 Å². The number of rotatable bonds is 4. The fourth-order valence-electron chi connectivity index (χ4n) is 2.69. The number of carbonyl (C=O) groups excluding carboxylic acids is 1. The summed E-state index contributed by atoms with van der Waals surface area (Å²) in [5.41, 5.74) is 1.20. The number of benzene rings is 1. The van der Waals surface area contributed by atoms with Gasteiger partial charge in [0.05, 0.1) is 19.8 Å². The molecule has 2 aliphatic heterocycles. The van der Waals surface area contributed by atoms with Crippen LogP contribution in [0.5, 0.6) is 0 Å². The van der Waals surface area contributed by atoms with E-state index in [0.29, 0.717) is 5.84 Å². The molecule has 1 aromatic carbocycles. The van der Waals surface area contributed by atoms with Crippen molar-refractivity contribution in [3.63, 3.8) is 0 Å². The number of amidine groups is 1. The predicted molar refractivity (Wildman–Crippen MR) is 76.5 cm³/mol. The van der Waals surface area contributed by atoms with Crippen LogP contribution in [-0.2, 0) is 16.1 Å². The summed E-state index contributed by atoms with van der Waals surface area (Å²) < 4.78 is 5.36. The molecule has 5 nitrogen and oxygen atoms in total. The number of ether oxygens (including phenoxy) is 1. The summed E-state index contributed by atoms with van der Waals surface area (Å²) in [6.07, 6.45) is 0.950. The van der Waals surface area contributed by atoms with Crippen molar-refractivity contribution in [2.24, 2.45) is 4.99 Å². The highest BCUT2D eigenvalue weighted by Crippen LogP contribution is 2.17. The number of carbonyl (C=O) groups is 1. The van der Waals surface area contributed by atoms with Crippen molar-refractivity contribution in [3.8, 4) is 0 Å². The normalized spacial score (nSPS) is 23.7. The number of hydrogen-bond donors (Lipinski definition) is 0. The van der Waals surface area contributed by atoms with Crippen molar-refractivity contribution in [1.29, 1.82) is 0 Å². The second kappa shape index (κ2) is 6.15. The van der Waals surface area contributed by atoms with Crippen LogP contribution in [0.15, 0.2) is 35.3 Å². The van der Waals surface area contributed by atoms with Gasteiger partial charge in [0, 0.05) is 19.6 Å². The summed E-state index contributed by atoms with van der Waals surface area (Å²) >= 11 is 0. The Morgan fingerprint density at radius 2 is 2.00 bits per heavy atom. The summed E-state index contributed by atoms with van der Waals surface area (Å²) in [5.74, 6) is 0.561. The lowest BCUT2D eigenvalue weighted by atomic mass is 10.2. The van der Waals surface area contributed by atoms with Crippen LogP contribution in [0.1, 0.15) is 5.56 Å². The van der Waals surface area contributed by atoms with E-state index in [0.717, 1.165) is 45.7 Å². The molecule has 1 fully saturated rings. The predicted octanol–water partition coefficient (Wildman–Crippen LogP) is 0.758. The maximum absolute atomic E-state index is 11.2. The lowest BCUT2D eigenvalue weighted by Gasteiger charge is -2.30. The minimum Gasteiger partial charge on any atom is -0.379 e. The van der Waals surface area contributed by atoms with Crippen LogP contribution in [0.3, 0.4) is 0 Å². The number of nitrogens with zero attached hydrogens (tertiary/aromatic N) is 3. The first-order valence-corrected chi connectivity index (χ1v) is 7.00. The summed E-state index contributed by atoms with van der Waals surface area (Å²) in [4.78, 5) is 20.1. The van der Waals surface area contributed by atoms with Crippen LogP contribution < -0.4 is 0 Å². The van der Waals surface area contributed by atoms with Crippen molar-refractivity contribution in [2.75, 3.05) is 32.8 Å². The van der Waals surface area contributed by atoms with Crippen LogP contribution in [0.2, 0.25) is 0 Å². The van der Waals surface area contributed by atoms with Crippen LogP contribution in [-0.4, -0.2) is 60.9 Å². The molecule has 2 aliphatic rings. The monoisotopic (exact) mass is 273 g/mol. The van der Waals surface area contributed by atoms with E-state index >= 15 is 0 Å². The molecule has 0 aliphatic carbocycles. The fraction of sp³-hybridized carbons (Fsp3) is 0.467. The third-order valence-electron chi connectivity index (χ3n) is 3.78. The Balaban J connectivity index is 1.67. The number of morpholine rings is 1. The molecule has 0 amide bonds. The van der Waals surface area contributed by atoms with Crippen LogP contribution in [0.4, 0.5) is 0 Å². The molecular weight excluding hydrogens is 254 g/mol. The van der Waals surface area contributed by atoms with Gasteiger partial charge >= 0.3 is 0 Å². The minimum atomic E-state index is 0.0859. The number of aliphatic imine (C=N–C) groups is 1. The molecule has 106 valence electrons. The Labute approximate surface area is 118 Å². The summed E-state index contributed by atoms with van der Waals surface area (Å²) in [6.45, 7) is 4.80. The Morgan fingerprint density at radius 3 is 2.70 bits per heavy atom. The molecule has 1 aromatic rings. The fourth-order valence-corrected chi connectivity index (χ4v) is 2.69. The van der Waals surface area contributed by atoms with Gasteiger partial charge in [-0.3, -0.25) is 9.69 Å². The molecule has 0 saturated carbocycles. The van der Waals surface area contributed by atoms with E-state index in [9.17, 15) is 4.79 Å². The highest BCUT2D eigenvalue weighted by Gasteiger charge is 2.30. The highest BCUT2D eigenvalue weighted by molar-refractivity contribution is 6.27. The molecule has 1 unspecified atom stereocenters. The molecule has 0 radical (unpaired) electrons. The van der Waals surface area contributed by atoms with Crippen molar-refractivity contribution >= 4 is 12.1 Å². The minimum absolute atomic E-state index is 0.0859. The van der Waals surface area contributed by atoms with Gasteiger partial charge in [0.2, 0.25) is 0 Å². The van der Waals surface area contributed by atoms with Crippen molar-refractivity contribution in [3.05, 3.63) is 35.9 Å². The second-order valence-electron chi connectivity index (χ2n) is 5.10. The lowest BCUT2D eigenvalue weighted by molar-refractivity contribution is -0.103. The van der Waals surface area contributed by atoms with Gasteiger partial charge in [-0.2, -0.15) is 0 Å². The summed E-state index contributed by atoms with van der Waals surface area (Å²) in [6, 6.07) is 10.2. The zero-order chi connectivity index (χ0) is 13.8. The molecule has 2 heterocycles. The van der Waals surface area contributed by atoms with E-state index in [1.165, 1.54) is 5.56 Å². The first kappa shape index (κ1) is 13.3. The molecule has 1 saturated heterocycles. The van der Waals surface area contributed by atoms with Gasteiger partial charge in [-0.1, -0.05) is 30.3 Å². The van der Waals surface area contributed by atoms with Crippen molar-refractivity contribution in [2.45, 2.75) is 12.7 Å². The largest absolute Gasteiger partial charge is 0.379 e. The van der Waals surface area contributed by atoms with Crippen LogP contribution in [0, 0.1) is 0 Å². The quantitative estimate of drug-likeness (QED) is 0.760. The zero-order valence-electron chi connectivity index (χ0n) is 11.4. The molecular formula is C15H19N3O2. The molecule has 0 aromatic heterocycles. The van der Waals surface area contributed by atoms with Gasteiger partial charge < -0.3 is 9.64 Å². The highest BCUT2D eigenvalue weighted by atomic mass is 16.5. The molecule has 0 N–H and O–H groups in total. The zero-order valence-corrected chi connectivity index (χ0v) is 11.4. The average molecular weight is 273 g/mol. The Morgan fingerprint density at radius 1 is 1.25 bits per heavy atom. The molecule has 1 atom stereocenters. The van der Waals surface area contributed by atoms with Crippen LogP contribution >= 0.6 is 0 Å². The van der Waals surface area contributed by atoms with Gasteiger partial charge in [0.25, 0.3) is 0 Å². The molecule has 3 rings (SSSR count). The van der Waals surface area contributed by atoms with E-state index in [2.05, 4.69) is 26.9 Å². The standard InChI is InChI=1S/C15H19N3O2/c19-12-15-16-14(17-6-8-20-9-7-17)11-18(15)10-13-4-2-1-3-5-13/h1-5,12,14H,6-11H2. The second-order valence-corrected chi connectivity index (χ2v) is 5.10. The SMILES string of the molecule is O=CC1=NC(N2CCOCC2)CN1Cc1ccccc1. The molecule has 20 heavy (non-hydrogen) atoms. The Hall–Kier alpha value is -1.72. The lowest BCUT2D eigenvalue weighted by Crippen LogP contribution is -2.45. The van der Waals surface area contributed by atoms with Crippen molar-refractivity contribution in [1.82, 2.24) is 9.80 Å². The molecule has 5 heteroatoms. The third kappa shape index (κ3) is 2.89. The van der Waals surface area contributed by atoms with E-state index in [-0.39, 0.29) is 6.17 Å². The molecule has 0 bridgehead atoms. The van der Waals surface area contributed by atoms with E-state index in [1.54, 1.807) is 0 Å². The topological polar surface area (TPSA) is 45.1 Å². The maximum Gasteiger partial charge on any atom is 0.184 e. The number of aldehydes is 1.